The lowest BCUT2D eigenvalue weighted by Gasteiger charge is -2.23. The molecule has 0 bridgehead atoms. The Morgan fingerprint density at radius 2 is 1.06 bits per heavy atom. The second kappa shape index (κ2) is 14.5. The number of halogens is 6. The molecule has 0 aliphatic rings. The lowest BCUT2D eigenvalue weighted by molar-refractivity contribution is -0.138. The first-order valence-electron chi connectivity index (χ1n) is 14.6. The molecule has 4 aromatic carbocycles. The van der Waals surface area contributed by atoms with Crippen molar-refractivity contribution in [1.82, 2.24) is 15.2 Å². The summed E-state index contributed by atoms with van der Waals surface area (Å²) in [6, 6.07) is 28.1. The van der Waals surface area contributed by atoms with Crippen molar-refractivity contribution in [2.75, 3.05) is 5.32 Å². The van der Waals surface area contributed by atoms with Gasteiger partial charge in [-0.05, 0) is 75.8 Å². The highest BCUT2D eigenvalue weighted by Crippen LogP contribution is 2.31. The SMILES string of the molecule is O=C(Nc1ccc(C(F)(F)F)cc1)N(Cc1ccc(-c2ccc(CNCc3ccc(C(F)(F)F)cc3)cc2)cc1)Cc1cccnc1. The van der Waals surface area contributed by atoms with Crippen LogP contribution in [-0.2, 0) is 38.5 Å². The monoisotopic (exact) mass is 648 g/mol. The summed E-state index contributed by atoms with van der Waals surface area (Å²) in [5, 5.41) is 5.93. The van der Waals surface area contributed by atoms with E-state index in [2.05, 4.69) is 15.6 Å². The van der Waals surface area contributed by atoms with Crippen LogP contribution in [-0.4, -0.2) is 15.9 Å². The largest absolute Gasteiger partial charge is 0.416 e. The molecule has 0 unspecified atom stereocenters. The molecule has 47 heavy (non-hydrogen) atoms. The summed E-state index contributed by atoms with van der Waals surface area (Å²) in [4.78, 5) is 18.9. The van der Waals surface area contributed by atoms with Gasteiger partial charge in [0.2, 0.25) is 0 Å². The Balaban J connectivity index is 1.19. The molecule has 0 spiro atoms. The van der Waals surface area contributed by atoms with Gasteiger partial charge < -0.3 is 15.5 Å². The second-order valence-electron chi connectivity index (χ2n) is 10.9. The number of amides is 2. The van der Waals surface area contributed by atoms with E-state index in [-0.39, 0.29) is 18.8 Å². The average Bonchev–Trinajstić information content (AvgIpc) is 3.05. The molecule has 5 nitrogen and oxygen atoms in total. The van der Waals surface area contributed by atoms with Gasteiger partial charge in [0.25, 0.3) is 0 Å². The molecular weight excluding hydrogens is 618 g/mol. The number of urea groups is 1. The molecule has 5 aromatic rings. The van der Waals surface area contributed by atoms with E-state index in [1.807, 2.05) is 54.6 Å². The number of hydrogen-bond acceptors (Lipinski definition) is 3. The molecule has 242 valence electrons. The standard InChI is InChI=1S/C36H30F6N4O/c37-35(38,39)31-13-7-26(8-14-31)21-44-20-25-3-9-29(10-4-25)30-11-5-27(6-12-30)23-46(24-28-2-1-19-43-22-28)34(47)45-33-17-15-32(16-18-33)36(40,41)42/h1-19,22,44H,20-21,23-24H2,(H,45,47). The molecular formula is C36H30F6N4O. The Morgan fingerprint density at radius 1 is 0.596 bits per heavy atom. The third kappa shape index (κ3) is 9.43. The van der Waals surface area contributed by atoms with Crippen molar-refractivity contribution in [3.63, 3.8) is 0 Å². The fourth-order valence-corrected chi connectivity index (χ4v) is 4.86. The fourth-order valence-electron chi connectivity index (χ4n) is 4.86. The van der Waals surface area contributed by atoms with Gasteiger partial charge in [0.05, 0.1) is 11.1 Å². The summed E-state index contributed by atoms with van der Waals surface area (Å²) in [7, 11) is 0. The van der Waals surface area contributed by atoms with Crippen molar-refractivity contribution >= 4 is 11.7 Å². The van der Waals surface area contributed by atoms with Gasteiger partial charge in [-0.25, -0.2) is 4.79 Å². The molecule has 2 amide bonds. The Labute approximate surface area is 267 Å². The van der Waals surface area contributed by atoms with Crippen LogP contribution in [0, 0.1) is 0 Å². The number of carbonyl (C=O) groups is 1. The van der Waals surface area contributed by atoms with Crippen molar-refractivity contribution in [1.29, 1.82) is 0 Å². The molecule has 0 saturated heterocycles. The van der Waals surface area contributed by atoms with Gasteiger partial charge in [-0.3, -0.25) is 4.98 Å². The summed E-state index contributed by atoms with van der Waals surface area (Å²) in [5.41, 5.74) is 4.13. The maximum Gasteiger partial charge on any atom is 0.416 e. The van der Waals surface area contributed by atoms with Gasteiger partial charge in [0.1, 0.15) is 0 Å². The minimum absolute atomic E-state index is 0.233. The van der Waals surface area contributed by atoms with Crippen LogP contribution in [0.1, 0.15) is 33.4 Å². The number of hydrogen-bond donors (Lipinski definition) is 2. The zero-order valence-corrected chi connectivity index (χ0v) is 24.9. The number of carbonyl (C=O) groups excluding carboxylic acids is 1. The lowest BCUT2D eigenvalue weighted by Crippen LogP contribution is -2.34. The quantitative estimate of drug-likeness (QED) is 0.149. The molecule has 0 atom stereocenters. The maximum atomic E-state index is 13.3. The Kier molecular flexibility index (Phi) is 10.3. The predicted octanol–water partition coefficient (Wildman–Crippen LogP) is 9.31. The highest BCUT2D eigenvalue weighted by atomic mass is 19.4. The van der Waals surface area contributed by atoms with Crippen molar-refractivity contribution < 1.29 is 31.1 Å². The van der Waals surface area contributed by atoms with Gasteiger partial charge in [-0.1, -0.05) is 66.7 Å². The highest BCUT2D eigenvalue weighted by molar-refractivity contribution is 5.89. The average molecular weight is 649 g/mol. The molecule has 0 fully saturated rings. The van der Waals surface area contributed by atoms with E-state index in [0.717, 1.165) is 57.6 Å². The van der Waals surface area contributed by atoms with Crippen molar-refractivity contribution in [3.8, 4) is 11.1 Å². The topological polar surface area (TPSA) is 57.3 Å². The molecule has 2 N–H and O–H groups in total. The smallest absolute Gasteiger partial charge is 0.316 e. The number of aromatic nitrogens is 1. The van der Waals surface area contributed by atoms with E-state index in [4.69, 9.17) is 0 Å². The third-order valence-electron chi connectivity index (χ3n) is 7.40. The number of alkyl halides is 6. The van der Waals surface area contributed by atoms with Crippen LogP contribution in [0.3, 0.4) is 0 Å². The van der Waals surface area contributed by atoms with Gasteiger partial charge in [-0.15, -0.1) is 0 Å². The van der Waals surface area contributed by atoms with Crippen LogP contribution < -0.4 is 10.6 Å². The van der Waals surface area contributed by atoms with Gasteiger partial charge in [-0.2, -0.15) is 26.3 Å². The molecule has 1 aromatic heterocycles. The first kappa shape index (κ1) is 33.2. The molecule has 0 radical (unpaired) electrons. The Bertz CT molecular complexity index is 1740. The number of anilines is 1. The van der Waals surface area contributed by atoms with Crippen LogP contribution in [0.5, 0.6) is 0 Å². The number of benzene rings is 4. The van der Waals surface area contributed by atoms with E-state index in [0.29, 0.717) is 13.1 Å². The van der Waals surface area contributed by atoms with Gasteiger partial charge >= 0.3 is 18.4 Å². The third-order valence-corrected chi connectivity index (χ3v) is 7.40. The van der Waals surface area contributed by atoms with E-state index < -0.39 is 29.5 Å². The second-order valence-corrected chi connectivity index (χ2v) is 10.9. The highest BCUT2D eigenvalue weighted by Gasteiger charge is 2.30. The first-order chi connectivity index (χ1) is 22.4. The number of pyridine rings is 1. The van der Waals surface area contributed by atoms with Crippen LogP contribution >= 0.6 is 0 Å². The number of rotatable bonds is 10. The van der Waals surface area contributed by atoms with Gasteiger partial charge in [0.15, 0.2) is 0 Å². The molecule has 0 aliphatic heterocycles. The minimum atomic E-state index is -4.47. The van der Waals surface area contributed by atoms with E-state index >= 15 is 0 Å². The summed E-state index contributed by atoms with van der Waals surface area (Å²) in [6.07, 6.45) is -5.55. The fraction of sp³-hybridized carbons (Fsp3) is 0.167. The number of nitrogens with one attached hydrogen (secondary N) is 2. The summed E-state index contributed by atoms with van der Waals surface area (Å²) in [6.45, 7) is 1.45. The molecule has 0 saturated carbocycles. The van der Waals surface area contributed by atoms with Crippen LogP contribution in [0.4, 0.5) is 36.8 Å². The predicted molar refractivity (Wildman–Crippen MR) is 168 cm³/mol. The minimum Gasteiger partial charge on any atom is -0.316 e. The normalized spacial score (nSPS) is 11.7. The van der Waals surface area contributed by atoms with Gasteiger partial charge in [0, 0.05) is 44.3 Å². The summed E-state index contributed by atoms with van der Waals surface area (Å²) < 4.78 is 77.2. The zero-order chi connectivity index (χ0) is 33.4. The van der Waals surface area contributed by atoms with Crippen molar-refractivity contribution in [3.05, 3.63) is 155 Å². The molecule has 5 rings (SSSR count). The van der Waals surface area contributed by atoms with Crippen LogP contribution in [0.15, 0.2) is 122 Å². The molecule has 11 heteroatoms. The number of nitrogens with zero attached hydrogens (tertiary/aromatic N) is 2. The molecule has 1 heterocycles. The van der Waals surface area contributed by atoms with Crippen LogP contribution in [0.2, 0.25) is 0 Å². The van der Waals surface area contributed by atoms with Crippen molar-refractivity contribution in [2.24, 2.45) is 0 Å². The van der Waals surface area contributed by atoms with E-state index in [9.17, 15) is 31.1 Å². The van der Waals surface area contributed by atoms with Crippen molar-refractivity contribution in [2.45, 2.75) is 38.5 Å². The van der Waals surface area contributed by atoms with E-state index in [1.54, 1.807) is 23.4 Å². The zero-order valence-electron chi connectivity index (χ0n) is 24.9. The first-order valence-corrected chi connectivity index (χ1v) is 14.6. The summed E-state index contributed by atoms with van der Waals surface area (Å²) in [5.74, 6) is 0. The Hall–Kier alpha value is -5.16. The van der Waals surface area contributed by atoms with Crippen LogP contribution in [0.25, 0.3) is 11.1 Å². The van der Waals surface area contributed by atoms with E-state index in [1.165, 1.54) is 24.3 Å². The summed E-state index contributed by atoms with van der Waals surface area (Å²) >= 11 is 0. The lowest BCUT2D eigenvalue weighted by atomic mass is 10.0. The maximum absolute atomic E-state index is 13.3. The Morgan fingerprint density at radius 3 is 1.55 bits per heavy atom. The molecule has 0 aliphatic carbocycles.